The number of ketones is 1. The lowest BCUT2D eigenvalue weighted by Crippen LogP contribution is -2.82. The highest BCUT2D eigenvalue weighted by Gasteiger charge is 2.92. The van der Waals surface area contributed by atoms with Gasteiger partial charge in [-0.15, -0.1) is 0 Å². The van der Waals surface area contributed by atoms with Crippen LogP contribution in [-0.4, -0.2) is 76.8 Å². The first-order valence-corrected chi connectivity index (χ1v) is 16.2. The lowest BCUT2D eigenvalue weighted by atomic mass is 9.33. The first kappa shape index (κ1) is 30.4. The summed E-state index contributed by atoms with van der Waals surface area (Å²) in [6.45, 7) is 12.9. The van der Waals surface area contributed by atoms with Gasteiger partial charge in [-0.05, 0) is 42.7 Å². The highest BCUT2D eigenvalue weighted by molar-refractivity contribution is 5.93. The van der Waals surface area contributed by atoms with Gasteiger partial charge in [-0.1, -0.05) is 34.6 Å². The van der Waals surface area contributed by atoms with Crippen molar-refractivity contribution in [2.75, 3.05) is 6.61 Å². The molecular weight excluding hydrogens is 568 g/mol. The van der Waals surface area contributed by atoms with Crippen LogP contribution >= 0.6 is 0 Å². The average molecular weight is 615 g/mol. The number of aliphatic hydroxyl groups is 2. The normalized spacial score (nSPS) is 52.0. The van der Waals surface area contributed by atoms with Crippen LogP contribution in [0.3, 0.4) is 0 Å². The Kier molecular flexibility index (Phi) is 6.49. The van der Waals surface area contributed by atoms with E-state index in [9.17, 15) is 19.8 Å². The van der Waals surface area contributed by atoms with Gasteiger partial charge in [0.1, 0.15) is 11.7 Å². The second-order valence-corrected chi connectivity index (χ2v) is 15.6. The minimum Gasteiger partial charge on any atom is -0.472 e. The van der Waals surface area contributed by atoms with E-state index in [-0.39, 0.29) is 49.3 Å². The molecule has 0 amide bonds. The van der Waals surface area contributed by atoms with E-state index < -0.39 is 75.5 Å². The molecule has 14 atom stereocenters. The summed E-state index contributed by atoms with van der Waals surface area (Å²) in [4.78, 5) is 40.3. The minimum atomic E-state index is -1.18. The number of ether oxygens (including phenoxy) is 4. The number of hydrogen-bond acceptors (Lipinski definition) is 10. The molecule has 2 aliphatic heterocycles. The molecule has 1 spiro atoms. The largest absolute Gasteiger partial charge is 0.472 e. The smallest absolute Gasteiger partial charge is 0.303 e. The minimum absolute atomic E-state index is 0.104. The summed E-state index contributed by atoms with van der Waals surface area (Å²) in [5.74, 6) is -2.65. The summed E-state index contributed by atoms with van der Waals surface area (Å²) in [5.41, 5.74) is -4.15. The van der Waals surface area contributed by atoms with Crippen molar-refractivity contribution < 1.29 is 48.0 Å². The number of Topliss-reactive ketones (excluding diaryl/α,β-unsaturated/α-hetero) is 1. The molecule has 44 heavy (non-hydrogen) atoms. The molecule has 0 radical (unpaired) electrons. The zero-order chi connectivity index (χ0) is 31.8. The summed E-state index contributed by atoms with van der Waals surface area (Å²) in [7, 11) is 0. The van der Waals surface area contributed by atoms with Crippen LogP contribution in [0.15, 0.2) is 23.0 Å². The molecule has 2 bridgehead atoms. The third kappa shape index (κ3) is 3.33. The number of carbonyl (C=O) groups excluding carboxylic acids is 3. The van der Waals surface area contributed by atoms with Crippen LogP contribution in [0.1, 0.15) is 85.6 Å². The molecule has 1 aromatic rings. The fourth-order valence-electron chi connectivity index (χ4n) is 11.9. The van der Waals surface area contributed by atoms with Gasteiger partial charge in [0.2, 0.25) is 0 Å². The van der Waals surface area contributed by atoms with Crippen molar-refractivity contribution in [2.24, 2.45) is 39.4 Å². The number of aliphatic hydroxyl groups excluding tert-OH is 2. The van der Waals surface area contributed by atoms with Gasteiger partial charge >= 0.3 is 11.9 Å². The third-order valence-electron chi connectivity index (χ3n) is 13.5. The molecule has 10 nitrogen and oxygen atoms in total. The van der Waals surface area contributed by atoms with E-state index in [4.69, 9.17) is 23.4 Å². The highest BCUT2D eigenvalue weighted by atomic mass is 16.6. The second kappa shape index (κ2) is 9.39. The molecule has 2 N–H and O–H groups in total. The second-order valence-electron chi connectivity index (χ2n) is 15.6. The molecule has 6 fully saturated rings. The third-order valence-corrected chi connectivity index (χ3v) is 13.5. The van der Waals surface area contributed by atoms with Gasteiger partial charge in [0.25, 0.3) is 0 Å². The van der Waals surface area contributed by atoms with Crippen molar-refractivity contribution in [3.8, 4) is 0 Å². The predicted octanol–water partition coefficient (Wildman–Crippen LogP) is 3.56. The zero-order valence-corrected chi connectivity index (χ0v) is 26.7. The molecule has 1 unspecified atom stereocenters. The Morgan fingerprint density at radius 1 is 1.02 bits per heavy atom. The molecule has 3 heterocycles. The summed E-state index contributed by atoms with van der Waals surface area (Å²) >= 11 is 0. The van der Waals surface area contributed by atoms with Crippen molar-refractivity contribution in [2.45, 2.75) is 122 Å². The van der Waals surface area contributed by atoms with Gasteiger partial charge in [-0.25, -0.2) is 0 Å². The molecule has 1 aromatic heterocycles. The van der Waals surface area contributed by atoms with Gasteiger partial charge in [0.15, 0.2) is 11.9 Å². The highest BCUT2D eigenvalue weighted by Crippen LogP contribution is 2.83. The van der Waals surface area contributed by atoms with E-state index in [1.807, 2.05) is 26.8 Å². The first-order chi connectivity index (χ1) is 20.6. The number of rotatable bonds is 5. The maximum absolute atomic E-state index is 15.3. The van der Waals surface area contributed by atoms with Crippen molar-refractivity contribution in [3.05, 3.63) is 24.2 Å². The fraction of sp³-hybridized carbons (Fsp3) is 0.794. The van der Waals surface area contributed by atoms with Crippen LogP contribution in [0.5, 0.6) is 0 Å². The van der Waals surface area contributed by atoms with Gasteiger partial charge in [-0.2, -0.15) is 0 Å². The van der Waals surface area contributed by atoms with Gasteiger partial charge in [0, 0.05) is 48.3 Å². The molecular formula is C34H46O10. The Hall–Kier alpha value is -2.27. The molecule has 4 saturated carbocycles. The van der Waals surface area contributed by atoms with Crippen LogP contribution in [-0.2, 0) is 33.3 Å². The summed E-state index contributed by atoms with van der Waals surface area (Å²) in [6.07, 6.45) is 0.453. The van der Waals surface area contributed by atoms with Crippen molar-refractivity contribution in [1.29, 1.82) is 0 Å². The van der Waals surface area contributed by atoms with Crippen LogP contribution in [0.25, 0.3) is 0 Å². The number of furan rings is 1. The molecule has 2 saturated heterocycles. The van der Waals surface area contributed by atoms with E-state index >= 15 is 4.79 Å². The van der Waals surface area contributed by atoms with E-state index in [2.05, 4.69) is 13.8 Å². The van der Waals surface area contributed by atoms with Crippen LogP contribution in [0, 0.1) is 39.4 Å². The Balaban J connectivity index is 1.43. The van der Waals surface area contributed by atoms with Gasteiger partial charge in [0.05, 0.1) is 49.0 Å². The molecule has 7 rings (SSSR count). The van der Waals surface area contributed by atoms with Crippen molar-refractivity contribution in [3.63, 3.8) is 0 Å². The van der Waals surface area contributed by atoms with E-state index in [0.29, 0.717) is 12.8 Å². The monoisotopic (exact) mass is 614 g/mol. The van der Waals surface area contributed by atoms with E-state index in [0.717, 1.165) is 5.56 Å². The lowest BCUT2D eigenvalue weighted by molar-refractivity contribution is -0.345. The van der Waals surface area contributed by atoms with E-state index in [1.165, 1.54) is 13.8 Å². The number of esters is 2. The Morgan fingerprint density at radius 2 is 1.73 bits per heavy atom. The number of carbonyl (C=O) groups is 3. The lowest BCUT2D eigenvalue weighted by Gasteiger charge is -2.73. The van der Waals surface area contributed by atoms with E-state index in [1.54, 1.807) is 12.5 Å². The van der Waals surface area contributed by atoms with Gasteiger partial charge in [-0.3, -0.25) is 14.4 Å². The standard InChI is InChI=1S/C34H46O10/c1-16(2)10-24-30(5)21-12-22(37)32(7)28(33(21,15-41-24)23(38)13-25(30)42-17(3)35)27(39)29(43-18(4)36)31(6)20(19-8-9-40-14-19)11-26-34(31,32)44-26/h8-9,14,16,20-26,28-29,37-38H,10-13,15H2,1-7H3/t20-,21-,22+,23-,24?,25+,26+,28-,29-,30+,31+,32+,33+,34+/m0/s1. The maximum Gasteiger partial charge on any atom is 0.303 e. The zero-order valence-electron chi connectivity index (χ0n) is 26.7. The summed E-state index contributed by atoms with van der Waals surface area (Å²) in [5, 5.41) is 24.7. The maximum atomic E-state index is 15.3. The SMILES string of the molecule is CC(=O)O[C@@H]1C[C@H](O)[C@@]23COC(CC(C)C)[C@@]1(C)[C@@H]2C[C@@H](O)[C@]1(C)[C@@H]3C(=O)[C@H](OC(C)=O)[C@@]2(C)[C@H](c3ccoc3)C[C@H]3O[C@]321. The summed E-state index contributed by atoms with van der Waals surface area (Å²) in [6, 6.07) is 1.87. The molecule has 10 heteroatoms. The Labute approximate surface area is 258 Å². The molecule has 4 aliphatic carbocycles. The first-order valence-electron chi connectivity index (χ1n) is 16.2. The predicted molar refractivity (Wildman–Crippen MR) is 154 cm³/mol. The fourth-order valence-corrected chi connectivity index (χ4v) is 11.9. The Bertz CT molecular complexity index is 1370. The van der Waals surface area contributed by atoms with Gasteiger partial charge < -0.3 is 33.6 Å². The van der Waals surface area contributed by atoms with Crippen LogP contribution in [0.2, 0.25) is 0 Å². The number of epoxide rings is 1. The molecule has 242 valence electrons. The van der Waals surface area contributed by atoms with Crippen molar-refractivity contribution >= 4 is 17.7 Å². The summed E-state index contributed by atoms with van der Waals surface area (Å²) < 4.78 is 30.8. The number of hydrogen-bond donors (Lipinski definition) is 2. The number of fused-ring (bicyclic) bond motifs is 1. The molecule has 0 aromatic carbocycles. The Morgan fingerprint density at radius 3 is 2.34 bits per heavy atom. The molecule has 6 aliphatic rings. The topological polar surface area (TPSA) is 145 Å². The van der Waals surface area contributed by atoms with Crippen molar-refractivity contribution in [1.82, 2.24) is 0 Å². The van der Waals surface area contributed by atoms with Crippen LogP contribution < -0.4 is 0 Å². The van der Waals surface area contributed by atoms with Crippen LogP contribution in [0.4, 0.5) is 0 Å². The average Bonchev–Trinajstić information content (AvgIpc) is 3.29. The quantitative estimate of drug-likeness (QED) is 0.373.